The Morgan fingerprint density at radius 2 is 0.771 bits per heavy atom. The molecular formula is C42H26N6. The van der Waals surface area contributed by atoms with E-state index >= 15 is 0 Å². The van der Waals surface area contributed by atoms with Crippen LogP contribution >= 0.6 is 0 Å². The fourth-order valence-electron chi connectivity index (χ4n) is 6.28. The number of nitrogens with zero attached hydrogens (tertiary/aromatic N) is 6. The van der Waals surface area contributed by atoms with Crippen LogP contribution in [0.5, 0.6) is 0 Å². The monoisotopic (exact) mass is 614 g/mol. The van der Waals surface area contributed by atoms with Crippen molar-refractivity contribution in [2.24, 2.45) is 0 Å². The van der Waals surface area contributed by atoms with Crippen molar-refractivity contribution in [3.63, 3.8) is 0 Å². The lowest BCUT2D eigenvalue weighted by Crippen LogP contribution is -2.00. The highest BCUT2D eigenvalue weighted by molar-refractivity contribution is 6.21. The van der Waals surface area contributed by atoms with Crippen LogP contribution in [-0.4, -0.2) is 29.9 Å². The standard InChI is InChI=1S/C42H26N6/c1-3-11-27(12-4-1)40-46-41(28-13-5-2-6-14-28)48-42(47-40)32-18-10-16-30(26-32)29-15-9-17-31(25-29)36-22-21-35-33-19-7-8-20-34(33)37-39(38(35)45-36)44-24-23-43-37/h1-26H. The van der Waals surface area contributed by atoms with E-state index in [1.807, 2.05) is 72.8 Å². The molecular weight excluding hydrogens is 589 g/mol. The molecule has 0 radical (unpaired) electrons. The van der Waals surface area contributed by atoms with Crippen LogP contribution in [0.4, 0.5) is 0 Å². The second-order valence-corrected chi connectivity index (χ2v) is 11.6. The smallest absolute Gasteiger partial charge is 0.164 e. The van der Waals surface area contributed by atoms with Crippen molar-refractivity contribution in [2.75, 3.05) is 0 Å². The zero-order chi connectivity index (χ0) is 31.9. The van der Waals surface area contributed by atoms with Crippen LogP contribution in [0.15, 0.2) is 158 Å². The molecule has 6 nitrogen and oxygen atoms in total. The Labute approximate surface area is 276 Å². The van der Waals surface area contributed by atoms with Crippen molar-refractivity contribution >= 4 is 32.7 Å². The van der Waals surface area contributed by atoms with E-state index < -0.39 is 0 Å². The number of hydrogen-bond acceptors (Lipinski definition) is 6. The summed E-state index contributed by atoms with van der Waals surface area (Å²) in [4.78, 5) is 29.3. The van der Waals surface area contributed by atoms with E-state index in [-0.39, 0.29) is 0 Å². The normalized spacial score (nSPS) is 11.3. The molecule has 0 atom stereocenters. The number of rotatable bonds is 5. The number of pyridine rings is 1. The molecule has 3 aromatic heterocycles. The minimum absolute atomic E-state index is 0.622. The fourth-order valence-corrected chi connectivity index (χ4v) is 6.28. The first-order valence-electron chi connectivity index (χ1n) is 15.8. The predicted octanol–water partition coefficient (Wildman–Crippen LogP) is 9.85. The van der Waals surface area contributed by atoms with Gasteiger partial charge in [0.2, 0.25) is 0 Å². The summed E-state index contributed by atoms with van der Waals surface area (Å²) in [6, 6.07) is 49.4. The molecule has 0 aliphatic rings. The predicted molar refractivity (Wildman–Crippen MR) is 193 cm³/mol. The van der Waals surface area contributed by atoms with Crippen LogP contribution in [0.2, 0.25) is 0 Å². The third-order valence-corrected chi connectivity index (χ3v) is 8.60. The maximum absolute atomic E-state index is 5.17. The van der Waals surface area contributed by atoms with Crippen LogP contribution in [0.1, 0.15) is 0 Å². The second-order valence-electron chi connectivity index (χ2n) is 11.6. The Bertz CT molecular complexity index is 2530. The maximum atomic E-state index is 5.17. The van der Waals surface area contributed by atoms with Crippen LogP contribution in [0, 0.1) is 0 Å². The molecule has 0 saturated heterocycles. The summed E-state index contributed by atoms with van der Waals surface area (Å²) in [6.45, 7) is 0. The minimum Gasteiger partial charge on any atom is -0.252 e. The summed E-state index contributed by atoms with van der Waals surface area (Å²) >= 11 is 0. The third-order valence-electron chi connectivity index (χ3n) is 8.60. The van der Waals surface area contributed by atoms with Crippen molar-refractivity contribution in [2.45, 2.75) is 0 Å². The van der Waals surface area contributed by atoms with Gasteiger partial charge in [0.25, 0.3) is 0 Å². The largest absolute Gasteiger partial charge is 0.252 e. The topological polar surface area (TPSA) is 77.3 Å². The molecule has 48 heavy (non-hydrogen) atoms. The van der Waals surface area contributed by atoms with Gasteiger partial charge in [-0.3, -0.25) is 9.97 Å². The maximum Gasteiger partial charge on any atom is 0.164 e. The number of benzene rings is 6. The third kappa shape index (κ3) is 4.93. The van der Waals surface area contributed by atoms with Crippen molar-refractivity contribution in [3.8, 4) is 56.5 Å². The van der Waals surface area contributed by atoms with Gasteiger partial charge in [-0.2, -0.15) is 0 Å². The first kappa shape index (κ1) is 27.6. The molecule has 0 saturated carbocycles. The Morgan fingerprint density at radius 3 is 1.44 bits per heavy atom. The number of fused-ring (bicyclic) bond motifs is 6. The van der Waals surface area contributed by atoms with Crippen molar-refractivity contribution in [1.82, 2.24) is 29.9 Å². The molecule has 0 aliphatic carbocycles. The van der Waals surface area contributed by atoms with Crippen molar-refractivity contribution < 1.29 is 0 Å². The van der Waals surface area contributed by atoms with Gasteiger partial charge < -0.3 is 0 Å². The lowest BCUT2D eigenvalue weighted by molar-refractivity contribution is 1.07. The SMILES string of the molecule is c1ccc(-c2nc(-c3ccccc3)nc(-c3cccc(-c4cccc(-c5ccc6c7ccccc7c7nccnc7c6n5)c4)c3)n2)cc1. The van der Waals surface area contributed by atoms with Gasteiger partial charge in [0.1, 0.15) is 5.52 Å². The lowest BCUT2D eigenvalue weighted by Gasteiger charge is -2.11. The van der Waals surface area contributed by atoms with E-state index in [1.54, 1.807) is 12.4 Å². The number of aromatic nitrogens is 6. The Balaban J connectivity index is 1.14. The molecule has 0 N–H and O–H groups in total. The van der Waals surface area contributed by atoms with Gasteiger partial charge in [-0.25, -0.2) is 19.9 Å². The average molecular weight is 615 g/mol. The molecule has 0 unspecified atom stereocenters. The Kier molecular flexibility index (Phi) is 6.68. The van der Waals surface area contributed by atoms with Crippen LogP contribution in [0.25, 0.3) is 89.3 Å². The van der Waals surface area contributed by atoms with Crippen molar-refractivity contribution in [3.05, 3.63) is 158 Å². The molecule has 6 heteroatoms. The average Bonchev–Trinajstić information content (AvgIpc) is 3.18. The molecule has 9 aromatic rings. The van der Waals surface area contributed by atoms with E-state index in [2.05, 4.69) is 77.8 Å². The summed E-state index contributed by atoms with van der Waals surface area (Å²) in [5.41, 5.74) is 9.33. The summed E-state index contributed by atoms with van der Waals surface area (Å²) in [7, 11) is 0. The molecule has 0 amide bonds. The zero-order valence-corrected chi connectivity index (χ0v) is 25.7. The van der Waals surface area contributed by atoms with Gasteiger partial charge in [-0.1, -0.05) is 121 Å². The van der Waals surface area contributed by atoms with Gasteiger partial charge >= 0.3 is 0 Å². The Hall–Kier alpha value is -6.66. The van der Waals surface area contributed by atoms with Gasteiger partial charge in [-0.05, 0) is 40.8 Å². The molecule has 0 bridgehead atoms. The molecule has 0 aliphatic heterocycles. The summed E-state index contributed by atoms with van der Waals surface area (Å²) < 4.78 is 0. The van der Waals surface area contributed by atoms with E-state index in [0.717, 1.165) is 71.8 Å². The zero-order valence-electron chi connectivity index (χ0n) is 25.7. The summed E-state index contributed by atoms with van der Waals surface area (Å²) in [6.07, 6.45) is 3.47. The molecule has 9 rings (SSSR count). The lowest BCUT2D eigenvalue weighted by atomic mass is 9.98. The van der Waals surface area contributed by atoms with Gasteiger partial charge in [0.05, 0.1) is 16.7 Å². The van der Waals surface area contributed by atoms with E-state index in [0.29, 0.717) is 17.5 Å². The van der Waals surface area contributed by atoms with E-state index in [1.165, 1.54) is 0 Å². The summed E-state index contributed by atoms with van der Waals surface area (Å²) in [5, 5.41) is 3.26. The van der Waals surface area contributed by atoms with Crippen LogP contribution in [-0.2, 0) is 0 Å². The minimum atomic E-state index is 0.622. The first-order chi connectivity index (χ1) is 23.8. The highest BCUT2D eigenvalue weighted by Gasteiger charge is 2.15. The highest BCUT2D eigenvalue weighted by atomic mass is 15.0. The van der Waals surface area contributed by atoms with Gasteiger partial charge in [0.15, 0.2) is 17.5 Å². The van der Waals surface area contributed by atoms with E-state index in [9.17, 15) is 0 Å². The van der Waals surface area contributed by atoms with Crippen molar-refractivity contribution in [1.29, 1.82) is 0 Å². The summed E-state index contributed by atoms with van der Waals surface area (Å²) in [5.74, 6) is 1.90. The molecule has 224 valence electrons. The molecule has 6 aromatic carbocycles. The first-order valence-corrected chi connectivity index (χ1v) is 15.8. The molecule has 0 spiro atoms. The van der Waals surface area contributed by atoms with Gasteiger partial charge in [-0.15, -0.1) is 0 Å². The van der Waals surface area contributed by atoms with E-state index in [4.69, 9.17) is 24.9 Å². The van der Waals surface area contributed by atoms with Crippen LogP contribution < -0.4 is 0 Å². The van der Waals surface area contributed by atoms with Crippen LogP contribution in [0.3, 0.4) is 0 Å². The molecule has 0 fully saturated rings. The quantitative estimate of drug-likeness (QED) is 0.180. The number of hydrogen-bond donors (Lipinski definition) is 0. The fraction of sp³-hybridized carbons (Fsp3) is 0. The van der Waals surface area contributed by atoms with Gasteiger partial charge in [0, 0.05) is 45.4 Å². The highest BCUT2D eigenvalue weighted by Crippen LogP contribution is 2.35. The molecule has 3 heterocycles. The second kappa shape index (κ2) is 11.6. The Morgan fingerprint density at radius 1 is 0.292 bits per heavy atom.